The Hall–Kier alpha value is -3.32. The first-order valence-corrected chi connectivity index (χ1v) is 9.48. The lowest BCUT2D eigenvalue weighted by atomic mass is 10.2. The zero-order valence-corrected chi connectivity index (χ0v) is 17.1. The molecule has 0 fully saturated rings. The van der Waals surface area contributed by atoms with Crippen LogP contribution >= 0.6 is 11.6 Å². The maximum absolute atomic E-state index is 12.9. The molecule has 0 atom stereocenters. The van der Waals surface area contributed by atoms with Gasteiger partial charge in [-0.2, -0.15) is 0 Å². The smallest absolute Gasteiger partial charge is 0.293 e. The van der Waals surface area contributed by atoms with Crippen LogP contribution in [0, 0.1) is 13.8 Å². The van der Waals surface area contributed by atoms with E-state index in [9.17, 15) is 4.79 Å². The lowest BCUT2D eigenvalue weighted by Crippen LogP contribution is -2.28. The fourth-order valence-electron chi connectivity index (χ4n) is 3.15. The molecule has 0 radical (unpaired) electrons. The predicted octanol–water partition coefficient (Wildman–Crippen LogP) is 3.75. The van der Waals surface area contributed by atoms with Crippen molar-refractivity contribution in [3.05, 3.63) is 76.7 Å². The summed E-state index contributed by atoms with van der Waals surface area (Å²) in [5.74, 6) is 0.933. The molecular formula is C21H19ClN6O. The molecule has 146 valence electrons. The van der Waals surface area contributed by atoms with E-state index in [-0.39, 0.29) is 18.3 Å². The molecule has 1 amide bonds. The lowest BCUT2D eigenvalue weighted by molar-refractivity contribution is 0.0769. The third-order valence-corrected chi connectivity index (χ3v) is 4.93. The molecule has 0 bridgehead atoms. The Labute approximate surface area is 173 Å². The quantitative estimate of drug-likeness (QED) is 0.515. The Morgan fingerprint density at radius 1 is 1.03 bits per heavy atom. The van der Waals surface area contributed by atoms with Crippen molar-refractivity contribution in [2.24, 2.45) is 0 Å². The number of hydrogen-bond acceptors (Lipinski definition) is 5. The van der Waals surface area contributed by atoms with Gasteiger partial charge in [-0.15, -0.1) is 5.10 Å². The van der Waals surface area contributed by atoms with E-state index in [1.54, 1.807) is 24.7 Å². The SMILES string of the molecule is Cc1nc(CN(C)C(=O)c2nc(C)n(-c3ccccc3Cl)n2)nc2ccccc12. The Kier molecular flexibility index (Phi) is 4.98. The molecule has 0 N–H and O–H groups in total. The van der Waals surface area contributed by atoms with E-state index in [0.29, 0.717) is 22.4 Å². The van der Waals surface area contributed by atoms with Crippen LogP contribution in [-0.4, -0.2) is 42.6 Å². The van der Waals surface area contributed by atoms with Crippen molar-refractivity contribution in [2.75, 3.05) is 7.05 Å². The normalized spacial score (nSPS) is 11.0. The highest BCUT2D eigenvalue weighted by Crippen LogP contribution is 2.20. The molecule has 0 aliphatic heterocycles. The minimum absolute atomic E-state index is 0.0995. The van der Waals surface area contributed by atoms with Crippen molar-refractivity contribution in [1.29, 1.82) is 0 Å². The number of benzene rings is 2. The topological polar surface area (TPSA) is 76.8 Å². The Balaban J connectivity index is 1.59. The van der Waals surface area contributed by atoms with Crippen LogP contribution in [0.2, 0.25) is 5.02 Å². The molecule has 4 rings (SSSR count). The molecule has 0 aliphatic rings. The van der Waals surface area contributed by atoms with E-state index in [4.69, 9.17) is 11.6 Å². The summed E-state index contributed by atoms with van der Waals surface area (Å²) in [6.45, 7) is 3.97. The van der Waals surface area contributed by atoms with Gasteiger partial charge in [0.05, 0.1) is 22.8 Å². The maximum Gasteiger partial charge on any atom is 0.293 e. The molecule has 0 saturated carbocycles. The molecule has 2 aromatic carbocycles. The van der Waals surface area contributed by atoms with Crippen LogP contribution in [0.3, 0.4) is 0 Å². The summed E-state index contributed by atoms with van der Waals surface area (Å²) >= 11 is 6.25. The van der Waals surface area contributed by atoms with Crippen LogP contribution in [0.4, 0.5) is 0 Å². The monoisotopic (exact) mass is 406 g/mol. The van der Waals surface area contributed by atoms with Gasteiger partial charge in [-0.05, 0) is 32.0 Å². The average Bonchev–Trinajstić information content (AvgIpc) is 3.09. The number of rotatable bonds is 4. The number of hydrogen-bond donors (Lipinski definition) is 0. The van der Waals surface area contributed by atoms with Gasteiger partial charge in [0.15, 0.2) is 0 Å². The highest BCUT2D eigenvalue weighted by molar-refractivity contribution is 6.32. The van der Waals surface area contributed by atoms with E-state index < -0.39 is 0 Å². The van der Waals surface area contributed by atoms with Crippen molar-refractivity contribution < 1.29 is 4.79 Å². The van der Waals surface area contributed by atoms with Crippen molar-refractivity contribution in [1.82, 2.24) is 29.6 Å². The summed E-state index contributed by atoms with van der Waals surface area (Å²) in [5.41, 5.74) is 2.41. The highest BCUT2D eigenvalue weighted by Gasteiger charge is 2.21. The molecule has 0 unspecified atom stereocenters. The van der Waals surface area contributed by atoms with Crippen molar-refractivity contribution in [2.45, 2.75) is 20.4 Å². The second kappa shape index (κ2) is 7.60. The van der Waals surface area contributed by atoms with Crippen LogP contribution < -0.4 is 0 Å². The fraction of sp³-hybridized carbons (Fsp3) is 0.190. The molecule has 7 nitrogen and oxygen atoms in total. The second-order valence-corrected chi connectivity index (χ2v) is 7.16. The second-order valence-electron chi connectivity index (χ2n) is 6.75. The van der Waals surface area contributed by atoms with Gasteiger partial charge in [-0.25, -0.2) is 19.6 Å². The number of carbonyl (C=O) groups excluding carboxylic acids is 1. The van der Waals surface area contributed by atoms with E-state index in [1.165, 1.54) is 4.90 Å². The average molecular weight is 407 g/mol. The molecule has 0 aliphatic carbocycles. The molecule has 0 spiro atoms. The number of amides is 1. The number of aromatic nitrogens is 5. The van der Waals surface area contributed by atoms with Crippen LogP contribution in [-0.2, 0) is 6.54 Å². The summed E-state index contributed by atoms with van der Waals surface area (Å²) in [7, 11) is 1.68. The van der Waals surface area contributed by atoms with Crippen LogP contribution in [0.1, 0.15) is 28.0 Å². The van der Waals surface area contributed by atoms with Gasteiger partial charge in [-0.3, -0.25) is 4.79 Å². The number of aryl methyl sites for hydroxylation is 2. The van der Waals surface area contributed by atoms with Crippen molar-refractivity contribution in [3.63, 3.8) is 0 Å². The molecule has 29 heavy (non-hydrogen) atoms. The van der Waals surface area contributed by atoms with Crippen LogP contribution in [0.15, 0.2) is 48.5 Å². The highest BCUT2D eigenvalue weighted by atomic mass is 35.5. The van der Waals surface area contributed by atoms with E-state index in [0.717, 1.165) is 16.6 Å². The van der Waals surface area contributed by atoms with Gasteiger partial charge in [-0.1, -0.05) is 41.9 Å². The summed E-state index contributed by atoms with van der Waals surface area (Å²) in [6.07, 6.45) is 0. The van der Waals surface area contributed by atoms with Gasteiger partial charge in [0.25, 0.3) is 5.91 Å². The van der Waals surface area contributed by atoms with Crippen molar-refractivity contribution >= 4 is 28.4 Å². The molecule has 2 aromatic heterocycles. The van der Waals surface area contributed by atoms with Crippen LogP contribution in [0.25, 0.3) is 16.6 Å². The number of carbonyl (C=O) groups is 1. The van der Waals surface area contributed by atoms with Gasteiger partial charge in [0.2, 0.25) is 5.82 Å². The number of para-hydroxylation sites is 2. The Morgan fingerprint density at radius 2 is 1.76 bits per heavy atom. The molecular weight excluding hydrogens is 388 g/mol. The number of fused-ring (bicyclic) bond motifs is 1. The summed E-state index contributed by atoms with van der Waals surface area (Å²) < 4.78 is 1.57. The molecule has 0 saturated heterocycles. The molecule has 2 heterocycles. The first kappa shape index (κ1) is 19.0. The largest absolute Gasteiger partial charge is 0.331 e. The third-order valence-electron chi connectivity index (χ3n) is 4.61. The lowest BCUT2D eigenvalue weighted by Gasteiger charge is -2.15. The van der Waals surface area contributed by atoms with E-state index >= 15 is 0 Å². The summed E-state index contributed by atoms with van der Waals surface area (Å²) in [6, 6.07) is 15.1. The van der Waals surface area contributed by atoms with Crippen LogP contribution in [0.5, 0.6) is 0 Å². The first-order valence-electron chi connectivity index (χ1n) is 9.10. The van der Waals surface area contributed by atoms with E-state index in [2.05, 4.69) is 20.1 Å². The van der Waals surface area contributed by atoms with E-state index in [1.807, 2.05) is 49.4 Å². The van der Waals surface area contributed by atoms with Gasteiger partial charge in [0.1, 0.15) is 11.6 Å². The zero-order chi connectivity index (χ0) is 20.5. The van der Waals surface area contributed by atoms with Gasteiger partial charge in [0, 0.05) is 18.1 Å². The minimum atomic E-state index is -0.312. The fourth-order valence-corrected chi connectivity index (χ4v) is 3.37. The van der Waals surface area contributed by atoms with Crippen molar-refractivity contribution in [3.8, 4) is 5.69 Å². The Bertz CT molecular complexity index is 1220. The summed E-state index contributed by atoms with van der Waals surface area (Å²) in [5, 5.41) is 5.90. The first-order chi connectivity index (χ1) is 13.9. The molecule has 8 heteroatoms. The van der Waals surface area contributed by atoms with Gasteiger partial charge >= 0.3 is 0 Å². The third kappa shape index (κ3) is 3.69. The number of halogens is 1. The minimum Gasteiger partial charge on any atom is -0.331 e. The Morgan fingerprint density at radius 3 is 2.55 bits per heavy atom. The van der Waals surface area contributed by atoms with Gasteiger partial charge < -0.3 is 4.90 Å². The number of nitrogens with zero attached hydrogens (tertiary/aromatic N) is 6. The standard InChI is InChI=1S/C21H19ClN6O/c1-13-15-8-4-6-10-17(15)25-19(23-13)12-27(3)21(29)20-24-14(2)28(26-20)18-11-7-5-9-16(18)22/h4-11H,12H2,1-3H3. The maximum atomic E-state index is 12.9. The predicted molar refractivity (Wildman–Crippen MR) is 111 cm³/mol. The zero-order valence-electron chi connectivity index (χ0n) is 16.3. The molecule has 4 aromatic rings. The summed E-state index contributed by atoms with van der Waals surface area (Å²) in [4.78, 5) is 27.8.